The van der Waals surface area contributed by atoms with Crippen molar-refractivity contribution in [3.05, 3.63) is 95.6 Å². The van der Waals surface area contributed by atoms with E-state index in [1.807, 2.05) is 42.5 Å². The average molecular weight is 453 g/mol. The molecular weight excluding hydrogens is 424 g/mol. The number of carbonyl (C=O) groups excluding carboxylic acids is 1. The molecule has 0 fully saturated rings. The molecule has 6 nitrogen and oxygen atoms in total. The molecule has 0 aliphatic heterocycles. The summed E-state index contributed by atoms with van der Waals surface area (Å²) in [6, 6.07) is 23.3. The Bertz CT molecular complexity index is 1150. The monoisotopic (exact) mass is 452 g/mol. The molecule has 1 amide bonds. The van der Waals surface area contributed by atoms with Crippen LogP contribution >= 0.6 is 0 Å². The van der Waals surface area contributed by atoms with Gasteiger partial charge in [-0.3, -0.25) is 4.79 Å². The Morgan fingerprint density at radius 3 is 2.16 bits per heavy atom. The van der Waals surface area contributed by atoms with Crippen molar-refractivity contribution in [2.24, 2.45) is 0 Å². The number of carbonyl (C=O) groups is 1. The van der Waals surface area contributed by atoms with Crippen molar-refractivity contribution in [2.45, 2.75) is 44.4 Å². The van der Waals surface area contributed by atoms with Crippen LogP contribution in [0.5, 0.6) is 5.75 Å². The van der Waals surface area contributed by atoms with Crippen LogP contribution in [-0.2, 0) is 23.2 Å². The molecule has 0 radical (unpaired) electrons. The van der Waals surface area contributed by atoms with Gasteiger partial charge in [-0.1, -0.05) is 48.5 Å². The molecular formula is C25H28N2O4S. The van der Waals surface area contributed by atoms with E-state index in [1.54, 1.807) is 51.1 Å². The Labute approximate surface area is 189 Å². The molecule has 0 unspecified atom stereocenters. The third-order valence-corrected chi connectivity index (χ3v) is 6.37. The van der Waals surface area contributed by atoms with Crippen LogP contribution in [0.2, 0.25) is 0 Å². The van der Waals surface area contributed by atoms with Gasteiger partial charge >= 0.3 is 0 Å². The van der Waals surface area contributed by atoms with Crippen LogP contribution < -0.4 is 14.8 Å². The molecule has 0 aliphatic carbocycles. The highest BCUT2D eigenvalue weighted by molar-refractivity contribution is 7.89. The van der Waals surface area contributed by atoms with Gasteiger partial charge in [0.05, 0.1) is 4.90 Å². The van der Waals surface area contributed by atoms with Crippen molar-refractivity contribution < 1.29 is 17.9 Å². The molecule has 3 aromatic carbocycles. The van der Waals surface area contributed by atoms with E-state index in [1.165, 1.54) is 6.07 Å². The second kappa shape index (κ2) is 9.97. The molecule has 0 heterocycles. The minimum Gasteiger partial charge on any atom is -0.489 e. The zero-order valence-corrected chi connectivity index (χ0v) is 19.3. The molecule has 32 heavy (non-hydrogen) atoms. The first-order chi connectivity index (χ1) is 15.1. The Morgan fingerprint density at radius 2 is 1.50 bits per heavy atom. The summed E-state index contributed by atoms with van der Waals surface area (Å²) in [5.41, 5.74) is 1.34. The van der Waals surface area contributed by atoms with Crippen molar-refractivity contribution in [3.63, 3.8) is 0 Å². The summed E-state index contributed by atoms with van der Waals surface area (Å²) in [7, 11) is -3.71. The van der Waals surface area contributed by atoms with Crippen LogP contribution in [0.4, 0.5) is 0 Å². The predicted molar refractivity (Wildman–Crippen MR) is 125 cm³/mol. The SMILES string of the molecule is CC(C)(C)NS(=O)(=O)c1ccccc1CNC(=O)c1ccc(COc2ccccc2)cc1. The molecule has 0 bridgehead atoms. The molecule has 0 saturated heterocycles. The largest absolute Gasteiger partial charge is 0.489 e. The standard InChI is InChI=1S/C25H28N2O4S/c1-25(2,3)27-32(29,30)23-12-8-7-9-21(23)17-26-24(28)20-15-13-19(14-16-20)18-31-22-10-5-4-6-11-22/h4-16,27H,17-18H2,1-3H3,(H,26,28). The number of para-hydroxylation sites is 1. The van der Waals surface area contributed by atoms with Crippen LogP contribution in [-0.4, -0.2) is 19.9 Å². The second-order valence-electron chi connectivity index (χ2n) is 8.44. The van der Waals surface area contributed by atoms with Gasteiger partial charge in [-0.15, -0.1) is 0 Å². The van der Waals surface area contributed by atoms with Crippen LogP contribution in [0.3, 0.4) is 0 Å². The van der Waals surface area contributed by atoms with Gasteiger partial charge in [0.15, 0.2) is 0 Å². The van der Waals surface area contributed by atoms with Gasteiger partial charge in [0.25, 0.3) is 5.91 Å². The quantitative estimate of drug-likeness (QED) is 0.535. The molecule has 0 aliphatic rings. The van der Waals surface area contributed by atoms with E-state index in [4.69, 9.17) is 4.74 Å². The lowest BCUT2D eigenvalue weighted by Gasteiger charge is -2.21. The van der Waals surface area contributed by atoms with Crippen molar-refractivity contribution in [3.8, 4) is 5.75 Å². The van der Waals surface area contributed by atoms with Gasteiger partial charge in [0, 0.05) is 17.6 Å². The number of sulfonamides is 1. The van der Waals surface area contributed by atoms with E-state index in [2.05, 4.69) is 10.0 Å². The molecule has 0 aromatic heterocycles. The summed E-state index contributed by atoms with van der Waals surface area (Å²) >= 11 is 0. The number of ether oxygens (including phenoxy) is 1. The predicted octanol–water partition coefficient (Wildman–Crippen LogP) is 4.27. The number of benzene rings is 3. The van der Waals surface area contributed by atoms with Gasteiger partial charge < -0.3 is 10.1 Å². The number of hydrogen-bond acceptors (Lipinski definition) is 4. The summed E-state index contributed by atoms with van der Waals surface area (Å²) in [6.45, 7) is 5.84. The maximum absolute atomic E-state index is 12.7. The molecule has 3 aromatic rings. The van der Waals surface area contributed by atoms with E-state index in [0.29, 0.717) is 17.7 Å². The van der Waals surface area contributed by atoms with E-state index >= 15 is 0 Å². The molecule has 0 saturated carbocycles. The zero-order valence-electron chi connectivity index (χ0n) is 18.5. The summed E-state index contributed by atoms with van der Waals surface area (Å²) in [4.78, 5) is 12.7. The normalized spacial score (nSPS) is 11.7. The lowest BCUT2D eigenvalue weighted by atomic mass is 10.1. The first kappa shape index (κ1) is 23.5. The lowest BCUT2D eigenvalue weighted by molar-refractivity contribution is 0.0950. The van der Waals surface area contributed by atoms with Gasteiger partial charge in [0.2, 0.25) is 10.0 Å². The van der Waals surface area contributed by atoms with E-state index in [-0.39, 0.29) is 17.3 Å². The van der Waals surface area contributed by atoms with Gasteiger partial charge in [-0.25, -0.2) is 13.1 Å². The highest BCUT2D eigenvalue weighted by atomic mass is 32.2. The minimum atomic E-state index is -3.71. The van der Waals surface area contributed by atoms with E-state index in [0.717, 1.165) is 11.3 Å². The molecule has 3 rings (SSSR count). The Balaban J connectivity index is 1.62. The van der Waals surface area contributed by atoms with Gasteiger partial charge in [-0.2, -0.15) is 0 Å². The van der Waals surface area contributed by atoms with Crippen LogP contribution in [0.25, 0.3) is 0 Å². The van der Waals surface area contributed by atoms with Gasteiger partial charge in [0.1, 0.15) is 12.4 Å². The topological polar surface area (TPSA) is 84.5 Å². The number of rotatable bonds is 8. The number of amides is 1. The van der Waals surface area contributed by atoms with Crippen molar-refractivity contribution in [2.75, 3.05) is 0 Å². The Kier molecular flexibility index (Phi) is 7.33. The lowest BCUT2D eigenvalue weighted by Crippen LogP contribution is -2.41. The number of nitrogens with one attached hydrogen (secondary N) is 2. The molecule has 168 valence electrons. The maximum Gasteiger partial charge on any atom is 0.251 e. The van der Waals surface area contributed by atoms with Crippen molar-refractivity contribution in [1.82, 2.24) is 10.0 Å². The van der Waals surface area contributed by atoms with Crippen LogP contribution in [0.1, 0.15) is 42.3 Å². The zero-order chi connectivity index (χ0) is 23.2. The first-order valence-electron chi connectivity index (χ1n) is 10.3. The van der Waals surface area contributed by atoms with Crippen molar-refractivity contribution in [1.29, 1.82) is 0 Å². The smallest absolute Gasteiger partial charge is 0.251 e. The fourth-order valence-corrected chi connectivity index (χ4v) is 4.74. The van der Waals surface area contributed by atoms with E-state index in [9.17, 15) is 13.2 Å². The molecule has 7 heteroatoms. The minimum absolute atomic E-state index is 0.0962. The van der Waals surface area contributed by atoms with Crippen molar-refractivity contribution >= 4 is 15.9 Å². The summed E-state index contributed by atoms with van der Waals surface area (Å²) < 4.78 is 33.9. The highest BCUT2D eigenvalue weighted by Gasteiger charge is 2.24. The van der Waals surface area contributed by atoms with Crippen LogP contribution in [0, 0.1) is 0 Å². The summed E-state index contributed by atoms with van der Waals surface area (Å²) in [6.07, 6.45) is 0. The molecule has 2 N–H and O–H groups in total. The Hall–Kier alpha value is -3.16. The third-order valence-electron chi connectivity index (χ3n) is 4.51. The van der Waals surface area contributed by atoms with Gasteiger partial charge in [-0.05, 0) is 62.2 Å². The molecule has 0 spiro atoms. The Morgan fingerprint density at radius 1 is 0.875 bits per heavy atom. The van der Waals surface area contributed by atoms with Crippen LogP contribution in [0.15, 0.2) is 83.8 Å². The summed E-state index contributed by atoms with van der Waals surface area (Å²) in [5, 5.41) is 2.81. The fourth-order valence-electron chi connectivity index (χ4n) is 3.08. The third kappa shape index (κ3) is 6.67. The summed E-state index contributed by atoms with van der Waals surface area (Å²) in [5.74, 6) is 0.500. The average Bonchev–Trinajstić information content (AvgIpc) is 2.76. The first-order valence-corrected chi connectivity index (χ1v) is 11.8. The number of hydrogen-bond donors (Lipinski definition) is 2. The molecule has 0 atom stereocenters. The fraction of sp³-hybridized carbons (Fsp3) is 0.240. The van der Waals surface area contributed by atoms with E-state index < -0.39 is 15.6 Å². The second-order valence-corrected chi connectivity index (χ2v) is 10.1. The highest BCUT2D eigenvalue weighted by Crippen LogP contribution is 2.18. The maximum atomic E-state index is 12.7.